The van der Waals surface area contributed by atoms with Crippen molar-refractivity contribution in [2.45, 2.75) is 19.0 Å². The molecule has 0 aromatic heterocycles. The van der Waals surface area contributed by atoms with E-state index < -0.39 is 17.5 Å². The lowest BCUT2D eigenvalue weighted by Crippen LogP contribution is -2.05. The standard InChI is InChI=1S/C12H11BrF3NO3/c13-9-4-5-11(10(8-9)17(18)19)20-7-3-1-2-6-12(14,15)16/h1,3-5,8H,2,6-7H2. The minimum Gasteiger partial charge on any atom is -0.483 e. The Kier molecular flexibility index (Phi) is 6.00. The van der Waals surface area contributed by atoms with Crippen LogP contribution in [0, 0.1) is 10.1 Å². The maximum absolute atomic E-state index is 11.9. The van der Waals surface area contributed by atoms with E-state index in [0.717, 1.165) is 0 Å². The van der Waals surface area contributed by atoms with Crippen molar-refractivity contribution in [3.05, 3.63) is 44.9 Å². The van der Waals surface area contributed by atoms with Crippen LogP contribution >= 0.6 is 15.9 Å². The van der Waals surface area contributed by atoms with E-state index in [0.29, 0.717) is 4.47 Å². The van der Waals surface area contributed by atoms with Gasteiger partial charge in [-0.1, -0.05) is 28.1 Å². The zero-order valence-electron chi connectivity index (χ0n) is 10.2. The molecule has 110 valence electrons. The summed E-state index contributed by atoms with van der Waals surface area (Å²) >= 11 is 3.11. The maximum Gasteiger partial charge on any atom is 0.389 e. The van der Waals surface area contributed by atoms with Crippen LogP contribution < -0.4 is 4.74 Å². The van der Waals surface area contributed by atoms with Gasteiger partial charge in [-0.25, -0.2) is 0 Å². The molecule has 0 unspecified atom stereocenters. The summed E-state index contributed by atoms with van der Waals surface area (Å²) in [6, 6.07) is 4.30. The number of hydrogen-bond donors (Lipinski definition) is 0. The second-order valence-corrected chi connectivity index (χ2v) is 4.72. The molecule has 0 bridgehead atoms. The number of nitro benzene ring substituents is 1. The molecule has 0 aliphatic carbocycles. The number of alkyl halides is 3. The van der Waals surface area contributed by atoms with Gasteiger partial charge in [0.1, 0.15) is 6.61 Å². The Morgan fingerprint density at radius 3 is 2.65 bits per heavy atom. The van der Waals surface area contributed by atoms with Gasteiger partial charge in [0.05, 0.1) is 4.92 Å². The molecule has 0 aliphatic rings. The van der Waals surface area contributed by atoms with Gasteiger partial charge in [-0.2, -0.15) is 13.2 Å². The fraction of sp³-hybridized carbons (Fsp3) is 0.333. The van der Waals surface area contributed by atoms with Gasteiger partial charge in [-0.15, -0.1) is 0 Å². The molecule has 0 atom stereocenters. The van der Waals surface area contributed by atoms with Crippen LogP contribution in [-0.2, 0) is 0 Å². The van der Waals surface area contributed by atoms with E-state index in [1.165, 1.54) is 24.3 Å². The van der Waals surface area contributed by atoms with E-state index in [1.54, 1.807) is 6.07 Å². The summed E-state index contributed by atoms with van der Waals surface area (Å²) in [5, 5.41) is 10.8. The lowest BCUT2D eigenvalue weighted by molar-refractivity contribution is -0.385. The Morgan fingerprint density at radius 1 is 1.35 bits per heavy atom. The van der Waals surface area contributed by atoms with Crippen LogP contribution in [0.2, 0.25) is 0 Å². The van der Waals surface area contributed by atoms with Crippen LogP contribution in [0.25, 0.3) is 0 Å². The fourth-order valence-electron chi connectivity index (χ4n) is 1.33. The van der Waals surface area contributed by atoms with Crippen molar-refractivity contribution < 1.29 is 22.8 Å². The summed E-state index contributed by atoms with van der Waals surface area (Å²) in [5.41, 5.74) is -0.205. The zero-order chi connectivity index (χ0) is 15.2. The Hall–Kier alpha value is -1.57. The van der Waals surface area contributed by atoms with Gasteiger partial charge in [0.2, 0.25) is 0 Å². The molecule has 0 amide bonds. The maximum atomic E-state index is 11.9. The molecular weight excluding hydrogens is 343 g/mol. The Labute approximate surface area is 121 Å². The number of ether oxygens (including phenoxy) is 1. The van der Waals surface area contributed by atoms with Gasteiger partial charge in [-0.3, -0.25) is 10.1 Å². The highest BCUT2D eigenvalue weighted by atomic mass is 79.9. The number of nitrogens with zero attached hydrogens (tertiary/aromatic N) is 1. The summed E-state index contributed by atoms with van der Waals surface area (Å²) in [6.07, 6.45) is -2.50. The number of benzene rings is 1. The van der Waals surface area contributed by atoms with Gasteiger partial charge in [0.25, 0.3) is 0 Å². The SMILES string of the molecule is O=[N+]([O-])c1cc(Br)ccc1OCC=CCCC(F)(F)F. The molecule has 1 aromatic rings. The van der Waals surface area contributed by atoms with Crippen molar-refractivity contribution >= 4 is 21.6 Å². The second-order valence-electron chi connectivity index (χ2n) is 3.81. The predicted molar refractivity (Wildman–Crippen MR) is 70.7 cm³/mol. The highest BCUT2D eigenvalue weighted by Crippen LogP contribution is 2.30. The Morgan fingerprint density at radius 2 is 2.05 bits per heavy atom. The van der Waals surface area contributed by atoms with Crippen molar-refractivity contribution in [2.24, 2.45) is 0 Å². The third-order valence-electron chi connectivity index (χ3n) is 2.21. The number of rotatable bonds is 6. The molecule has 0 heterocycles. The average molecular weight is 354 g/mol. The average Bonchev–Trinajstić information content (AvgIpc) is 2.33. The van der Waals surface area contributed by atoms with Crippen molar-refractivity contribution in [1.82, 2.24) is 0 Å². The summed E-state index contributed by atoms with van der Waals surface area (Å²) in [4.78, 5) is 10.2. The lowest BCUT2D eigenvalue weighted by atomic mass is 10.3. The highest BCUT2D eigenvalue weighted by molar-refractivity contribution is 9.10. The summed E-state index contributed by atoms with van der Waals surface area (Å²) < 4.78 is 41.3. The molecule has 0 aliphatic heterocycles. The van der Waals surface area contributed by atoms with Gasteiger partial charge in [0, 0.05) is 17.0 Å². The number of halogens is 4. The smallest absolute Gasteiger partial charge is 0.389 e. The third-order valence-corrected chi connectivity index (χ3v) is 2.71. The number of nitro groups is 1. The van der Waals surface area contributed by atoms with Crippen LogP contribution in [0.4, 0.5) is 18.9 Å². The van der Waals surface area contributed by atoms with E-state index >= 15 is 0 Å². The van der Waals surface area contributed by atoms with E-state index in [1.807, 2.05) is 0 Å². The first-order valence-corrected chi connectivity index (χ1v) is 6.37. The van der Waals surface area contributed by atoms with Gasteiger partial charge in [-0.05, 0) is 18.6 Å². The first kappa shape index (κ1) is 16.5. The molecule has 1 aromatic carbocycles. The van der Waals surface area contributed by atoms with Gasteiger partial charge in [0.15, 0.2) is 5.75 Å². The largest absolute Gasteiger partial charge is 0.483 e. The van der Waals surface area contributed by atoms with Crippen LogP contribution in [0.1, 0.15) is 12.8 Å². The first-order valence-electron chi connectivity index (χ1n) is 5.58. The quantitative estimate of drug-likeness (QED) is 0.425. The monoisotopic (exact) mass is 353 g/mol. The molecule has 0 fully saturated rings. The molecule has 8 heteroatoms. The number of hydrogen-bond acceptors (Lipinski definition) is 3. The predicted octanol–water partition coefficient (Wildman–Crippen LogP) is 4.63. The first-order chi connectivity index (χ1) is 9.29. The third kappa shape index (κ3) is 6.05. The highest BCUT2D eigenvalue weighted by Gasteiger charge is 2.25. The molecule has 0 N–H and O–H groups in total. The van der Waals surface area contributed by atoms with Gasteiger partial charge < -0.3 is 4.74 Å². The summed E-state index contributed by atoms with van der Waals surface area (Å²) in [6.45, 7) is -0.0275. The molecule has 1 rings (SSSR count). The molecule has 0 spiro atoms. The molecular formula is C12H11BrF3NO3. The van der Waals surface area contributed by atoms with Crippen LogP contribution in [-0.4, -0.2) is 17.7 Å². The van der Waals surface area contributed by atoms with Crippen LogP contribution in [0.15, 0.2) is 34.8 Å². The van der Waals surface area contributed by atoms with Crippen molar-refractivity contribution in [2.75, 3.05) is 6.61 Å². The minimum atomic E-state index is -4.18. The molecule has 4 nitrogen and oxygen atoms in total. The topological polar surface area (TPSA) is 52.4 Å². The fourth-order valence-corrected chi connectivity index (χ4v) is 1.68. The normalized spacial score (nSPS) is 11.8. The van der Waals surface area contributed by atoms with Crippen LogP contribution in [0.3, 0.4) is 0 Å². The van der Waals surface area contributed by atoms with E-state index in [-0.39, 0.29) is 24.5 Å². The number of allylic oxidation sites excluding steroid dienone is 1. The summed E-state index contributed by atoms with van der Waals surface area (Å²) in [7, 11) is 0. The summed E-state index contributed by atoms with van der Waals surface area (Å²) in [5.74, 6) is 0.0682. The van der Waals surface area contributed by atoms with Crippen LogP contribution in [0.5, 0.6) is 5.75 Å². The van der Waals surface area contributed by atoms with Crippen molar-refractivity contribution in [3.8, 4) is 5.75 Å². The molecule has 20 heavy (non-hydrogen) atoms. The lowest BCUT2D eigenvalue weighted by Gasteiger charge is -2.05. The minimum absolute atomic E-state index is 0.0275. The Bertz CT molecular complexity index is 503. The van der Waals surface area contributed by atoms with Crippen molar-refractivity contribution in [1.29, 1.82) is 0 Å². The molecule has 0 saturated carbocycles. The molecule has 0 radical (unpaired) electrons. The van der Waals surface area contributed by atoms with Crippen molar-refractivity contribution in [3.63, 3.8) is 0 Å². The Balaban J connectivity index is 2.50. The van der Waals surface area contributed by atoms with E-state index in [4.69, 9.17) is 4.74 Å². The molecule has 0 saturated heterocycles. The second kappa shape index (κ2) is 7.28. The van der Waals surface area contributed by atoms with E-state index in [2.05, 4.69) is 15.9 Å². The van der Waals surface area contributed by atoms with E-state index in [9.17, 15) is 23.3 Å². The van der Waals surface area contributed by atoms with Gasteiger partial charge >= 0.3 is 11.9 Å². The zero-order valence-corrected chi connectivity index (χ0v) is 11.8.